The number of hydrogen-bond donors (Lipinski definition) is 0. The van der Waals surface area contributed by atoms with Crippen LogP contribution in [0.3, 0.4) is 0 Å². The first kappa shape index (κ1) is 30.1. The predicted molar refractivity (Wildman–Crippen MR) is 187 cm³/mol. The van der Waals surface area contributed by atoms with Crippen molar-refractivity contribution in [3.63, 3.8) is 0 Å². The van der Waals surface area contributed by atoms with Crippen LogP contribution in [0.1, 0.15) is 0 Å². The molecule has 47 heavy (non-hydrogen) atoms. The van der Waals surface area contributed by atoms with Gasteiger partial charge >= 0.3 is 0 Å². The van der Waals surface area contributed by atoms with Gasteiger partial charge in [-0.25, -0.2) is 15.0 Å². The Morgan fingerprint density at radius 2 is 0.979 bits per heavy atom. The number of benzene rings is 6. The van der Waals surface area contributed by atoms with Crippen LogP contribution in [0.15, 0.2) is 164 Å². The number of aromatic nitrogens is 4. The van der Waals surface area contributed by atoms with Gasteiger partial charge in [-0.15, -0.1) is 29.8 Å². The maximum absolute atomic E-state index is 5.09. The van der Waals surface area contributed by atoms with E-state index in [-0.39, 0.29) is 20.1 Å². The summed E-state index contributed by atoms with van der Waals surface area (Å²) >= 11 is 0. The van der Waals surface area contributed by atoms with Crippen LogP contribution in [0.2, 0.25) is 0 Å². The molecular formula is C42H27IrN4-. The number of rotatable bonds is 6. The zero-order chi connectivity index (χ0) is 30.7. The molecule has 0 amide bonds. The molecule has 0 aliphatic heterocycles. The van der Waals surface area contributed by atoms with Gasteiger partial charge in [-0.2, -0.15) is 0 Å². The number of pyridine rings is 1. The van der Waals surface area contributed by atoms with Crippen molar-refractivity contribution in [2.45, 2.75) is 0 Å². The Bertz CT molecular complexity index is 2320. The molecule has 0 saturated heterocycles. The molecule has 8 rings (SSSR count). The molecule has 1 radical (unpaired) electrons. The van der Waals surface area contributed by atoms with E-state index >= 15 is 0 Å². The number of hydrogen-bond acceptors (Lipinski definition) is 4. The second-order valence-corrected chi connectivity index (χ2v) is 11.1. The third-order valence-corrected chi connectivity index (χ3v) is 8.08. The fourth-order valence-corrected chi connectivity index (χ4v) is 5.75. The van der Waals surface area contributed by atoms with Gasteiger partial charge in [-0.3, -0.25) is 0 Å². The smallest absolute Gasteiger partial charge is 0.164 e. The molecule has 225 valence electrons. The summed E-state index contributed by atoms with van der Waals surface area (Å²) in [6.45, 7) is 0. The van der Waals surface area contributed by atoms with E-state index in [1.54, 1.807) is 0 Å². The summed E-state index contributed by atoms with van der Waals surface area (Å²) < 4.78 is 0. The summed E-state index contributed by atoms with van der Waals surface area (Å²) in [7, 11) is 0. The van der Waals surface area contributed by atoms with E-state index in [4.69, 9.17) is 19.9 Å². The van der Waals surface area contributed by atoms with Crippen molar-refractivity contribution in [1.29, 1.82) is 0 Å². The minimum Gasteiger partial charge on any atom is -0.304 e. The first-order chi connectivity index (χ1) is 22.8. The zero-order valence-corrected chi connectivity index (χ0v) is 27.6. The van der Waals surface area contributed by atoms with Gasteiger partial charge in [0.15, 0.2) is 11.6 Å². The van der Waals surface area contributed by atoms with Gasteiger partial charge in [0, 0.05) is 37.4 Å². The molecule has 0 N–H and O–H groups in total. The van der Waals surface area contributed by atoms with Crippen LogP contribution in [0.25, 0.3) is 78.4 Å². The maximum atomic E-state index is 5.09. The van der Waals surface area contributed by atoms with Gasteiger partial charge in [0.05, 0.1) is 0 Å². The van der Waals surface area contributed by atoms with Crippen molar-refractivity contribution in [2.75, 3.05) is 0 Å². The summed E-state index contributed by atoms with van der Waals surface area (Å²) in [5, 5.41) is 2.23. The van der Waals surface area contributed by atoms with Crippen molar-refractivity contribution in [3.8, 4) is 67.7 Å². The monoisotopic (exact) mass is 780 g/mol. The summed E-state index contributed by atoms with van der Waals surface area (Å²) in [6, 6.07) is 57.0. The Balaban J connectivity index is 0.00000351. The molecule has 0 atom stereocenters. The van der Waals surface area contributed by atoms with E-state index in [0.717, 1.165) is 61.0 Å². The van der Waals surface area contributed by atoms with E-state index in [2.05, 4.69) is 103 Å². The van der Waals surface area contributed by atoms with E-state index in [9.17, 15) is 0 Å². The summed E-state index contributed by atoms with van der Waals surface area (Å²) in [4.78, 5) is 20.0. The van der Waals surface area contributed by atoms with Gasteiger partial charge in [0.2, 0.25) is 0 Å². The molecule has 0 bridgehead atoms. The summed E-state index contributed by atoms with van der Waals surface area (Å²) in [6.07, 6.45) is 1.91. The summed E-state index contributed by atoms with van der Waals surface area (Å²) in [5.41, 5.74) is 8.86. The second kappa shape index (κ2) is 13.4. The van der Waals surface area contributed by atoms with Crippen LogP contribution < -0.4 is 0 Å². The minimum absolute atomic E-state index is 0. The molecule has 0 aliphatic rings. The normalized spacial score (nSPS) is 10.8. The van der Waals surface area contributed by atoms with Crippen LogP contribution in [0.5, 0.6) is 0 Å². The van der Waals surface area contributed by atoms with Crippen molar-refractivity contribution in [1.82, 2.24) is 19.9 Å². The predicted octanol–water partition coefficient (Wildman–Crippen LogP) is 10.2. The van der Waals surface area contributed by atoms with E-state index in [0.29, 0.717) is 17.5 Å². The van der Waals surface area contributed by atoms with Crippen LogP contribution in [-0.2, 0) is 20.1 Å². The van der Waals surface area contributed by atoms with Gasteiger partial charge in [-0.05, 0) is 44.8 Å². The maximum Gasteiger partial charge on any atom is 0.164 e. The third kappa shape index (κ3) is 6.28. The molecular weight excluding hydrogens is 753 g/mol. The largest absolute Gasteiger partial charge is 0.304 e. The van der Waals surface area contributed by atoms with Crippen LogP contribution in [-0.4, -0.2) is 19.9 Å². The fourth-order valence-electron chi connectivity index (χ4n) is 5.75. The Hall–Kier alpha value is -5.61. The summed E-state index contributed by atoms with van der Waals surface area (Å²) in [5.74, 6) is 1.81. The molecule has 0 saturated carbocycles. The van der Waals surface area contributed by atoms with Crippen LogP contribution in [0.4, 0.5) is 0 Å². The third-order valence-electron chi connectivity index (χ3n) is 8.08. The van der Waals surface area contributed by atoms with E-state index < -0.39 is 0 Å². The molecule has 4 nitrogen and oxygen atoms in total. The van der Waals surface area contributed by atoms with Gasteiger partial charge in [-0.1, -0.05) is 139 Å². The molecule has 0 unspecified atom stereocenters. The average Bonchev–Trinajstić information content (AvgIpc) is 3.15. The van der Waals surface area contributed by atoms with Crippen LogP contribution >= 0.6 is 0 Å². The standard InChI is InChI=1S/C42H27N4.Ir/c1-3-13-29(14-4-1)31-19-11-21-34(25-31)40-44-41(46-42(45-40)38-24-10-9-23-37(38)30-15-5-2-6-16-30)35-22-12-20-33(26-35)39-27-32-17-7-8-18-36(32)28-43-39;/h1-19,21-28H;/q-1;. The van der Waals surface area contributed by atoms with Gasteiger partial charge < -0.3 is 4.98 Å². The first-order valence-corrected chi connectivity index (χ1v) is 15.2. The zero-order valence-electron chi connectivity index (χ0n) is 25.2. The molecule has 6 aromatic carbocycles. The molecule has 0 fully saturated rings. The average molecular weight is 780 g/mol. The first-order valence-electron chi connectivity index (χ1n) is 15.2. The van der Waals surface area contributed by atoms with Crippen molar-refractivity contribution in [2.24, 2.45) is 0 Å². The van der Waals surface area contributed by atoms with Crippen molar-refractivity contribution in [3.05, 3.63) is 170 Å². The molecule has 2 aromatic heterocycles. The molecule has 0 aliphatic carbocycles. The number of fused-ring (bicyclic) bond motifs is 1. The quantitative estimate of drug-likeness (QED) is 0.158. The van der Waals surface area contributed by atoms with Crippen molar-refractivity contribution < 1.29 is 20.1 Å². The Labute approximate surface area is 287 Å². The topological polar surface area (TPSA) is 51.6 Å². The van der Waals surface area contributed by atoms with Gasteiger partial charge in [0.25, 0.3) is 0 Å². The number of nitrogens with zero attached hydrogens (tertiary/aromatic N) is 4. The second-order valence-electron chi connectivity index (χ2n) is 11.1. The fraction of sp³-hybridized carbons (Fsp3) is 0. The minimum atomic E-state index is 0. The van der Waals surface area contributed by atoms with Crippen molar-refractivity contribution >= 4 is 10.8 Å². The molecule has 2 heterocycles. The Morgan fingerprint density at radius 3 is 1.74 bits per heavy atom. The Kier molecular flexibility index (Phi) is 8.57. The SMILES string of the molecule is [Ir].[c-]1ccc(-c2nc(-c3cccc(-c4ccccc4)c3)nc(-c3ccccc3-c3ccccc3)n2)cc1-c1cc2ccccc2cn1. The van der Waals surface area contributed by atoms with E-state index in [1.165, 1.54) is 0 Å². The van der Waals surface area contributed by atoms with E-state index in [1.807, 2.05) is 66.9 Å². The molecule has 0 spiro atoms. The Morgan fingerprint density at radius 1 is 0.404 bits per heavy atom. The van der Waals surface area contributed by atoms with Crippen LogP contribution in [0, 0.1) is 6.07 Å². The molecule has 5 heteroatoms. The molecule has 8 aromatic rings. The van der Waals surface area contributed by atoms with Gasteiger partial charge in [0.1, 0.15) is 5.82 Å².